The molecule has 2 saturated heterocycles. The van der Waals surface area contributed by atoms with Gasteiger partial charge in [0.2, 0.25) is 5.91 Å². The highest BCUT2D eigenvalue weighted by atomic mass is 35.5. The van der Waals surface area contributed by atoms with Gasteiger partial charge in [-0.05, 0) is 57.3 Å². The molecule has 3 heterocycles. The zero-order valence-corrected chi connectivity index (χ0v) is 17.0. The minimum absolute atomic E-state index is 0. The molecule has 0 saturated carbocycles. The molecule has 0 radical (unpaired) electrons. The molecule has 1 aromatic heterocycles. The highest BCUT2D eigenvalue weighted by Gasteiger charge is 2.40. The van der Waals surface area contributed by atoms with Crippen LogP contribution >= 0.6 is 23.7 Å². The van der Waals surface area contributed by atoms with Crippen molar-refractivity contribution in [1.29, 1.82) is 0 Å². The lowest BCUT2D eigenvalue weighted by atomic mass is 9.95. The number of rotatable bonds is 4. The number of carbonyl (C=O) groups is 1. The topological polar surface area (TPSA) is 78.5 Å². The second-order valence-corrected chi connectivity index (χ2v) is 10.1. The van der Waals surface area contributed by atoms with Gasteiger partial charge in [-0.15, -0.1) is 23.7 Å². The summed E-state index contributed by atoms with van der Waals surface area (Å²) >= 11 is 1.26. The summed E-state index contributed by atoms with van der Waals surface area (Å²) in [6.07, 6.45) is 2.20. The molecule has 1 amide bonds. The van der Waals surface area contributed by atoms with Crippen molar-refractivity contribution in [2.24, 2.45) is 5.92 Å². The quantitative estimate of drug-likeness (QED) is 0.796. The minimum atomic E-state index is -3.59. The summed E-state index contributed by atoms with van der Waals surface area (Å²) in [5.41, 5.74) is 0. The van der Waals surface area contributed by atoms with Crippen LogP contribution in [0.5, 0.6) is 0 Å². The zero-order valence-electron chi connectivity index (χ0n) is 14.5. The van der Waals surface area contributed by atoms with Crippen LogP contribution in [0.1, 0.15) is 31.1 Å². The van der Waals surface area contributed by atoms with Crippen LogP contribution in [0, 0.1) is 12.8 Å². The molecule has 0 spiro atoms. The molecule has 2 aliphatic rings. The molecule has 1 aromatic rings. The third-order valence-corrected chi connectivity index (χ3v) is 8.27. The van der Waals surface area contributed by atoms with Gasteiger partial charge in [0.15, 0.2) is 0 Å². The summed E-state index contributed by atoms with van der Waals surface area (Å²) in [4.78, 5) is 13.7. The van der Waals surface area contributed by atoms with Crippen LogP contribution in [0.4, 0.5) is 0 Å². The lowest BCUT2D eigenvalue weighted by molar-refractivity contribution is -0.125. The third kappa shape index (κ3) is 4.36. The van der Waals surface area contributed by atoms with Gasteiger partial charge in [-0.2, -0.15) is 4.31 Å². The van der Waals surface area contributed by atoms with Crippen molar-refractivity contribution in [1.82, 2.24) is 14.9 Å². The van der Waals surface area contributed by atoms with Crippen molar-refractivity contribution in [3.63, 3.8) is 0 Å². The van der Waals surface area contributed by atoms with Gasteiger partial charge >= 0.3 is 0 Å². The van der Waals surface area contributed by atoms with Crippen LogP contribution in [-0.2, 0) is 14.8 Å². The van der Waals surface area contributed by atoms with Crippen LogP contribution in [0.3, 0.4) is 0 Å². The Kier molecular flexibility index (Phi) is 6.89. The maximum absolute atomic E-state index is 12.9. The van der Waals surface area contributed by atoms with E-state index in [-0.39, 0.29) is 24.4 Å². The number of aryl methyl sites for hydroxylation is 1. The fraction of sp³-hybridized carbons (Fsp3) is 0.688. The Morgan fingerprint density at radius 2 is 2.12 bits per heavy atom. The summed E-state index contributed by atoms with van der Waals surface area (Å²) in [6.45, 7) is 6.17. The molecule has 142 valence electrons. The van der Waals surface area contributed by atoms with Crippen LogP contribution in [-0.4, -0.2) is 50.3 Å². The van der Waals surface area contributed by atoms with Crippen molar-refractivity contribution in [3.8, 4) is 0 Å². The van der Waals surface area contributed by atoms with Gasteiger partial charge in [-0.3, -0.25) is 4.79 Å². The zero-order chi connectivity index (χ0) is 17.3. The van der Waals surface area contributed by atoms with E-state index in [0.717, 1.165) is 30.8 Å². The minimum Gasteiger partial charge on any atom is -0.352 e. The Labute approximate surface area is 159 Å². The first-order chi connectivity index (χ1) is 11.4. The smallest absolute Gasteiger partial charge is 0.253 e. The van der Waals surface area contributed by atoms with E-state index in [1.54, 1.807) is 12.1 Å². The predicted octanol–water partition coefficient (Wildman–Crippen LogP) is 1.75. The maximum Gasteiger partial charge on any atom is 0.253 e. The number of sulfonamides is 1. The van der Waals surface area contributed by atoms with Gasteiger partial charge in [-0.1, -0.05) is 6.92 Å². The van der Waals surface area contributed by atoms with Crippen molar-refractivity contribution in [2.45, 2.75) is 49.4 Å². The number of nitrogens with one attached hydrogen (secondary N) is 2. The first kappa shape index (κ1) is 20.6. The van der Waals surface area contributed by atoms with Gasteiger partial charge in [0.1, 0.15) is 10.3 Å². The lowest BCUT2D eigenvalue weighted by Crippen LogP contribution is -2.53. The molecule has 2 N–H and O–H groups in total. The first-order valence-corrected chi connectivity index (χ1v) is 10.7. The Morgan fingerprint density at radius 3 is 2.76 bits per heavy atom. The van der Waals surface area contributed by atoms with E-state index in [2.05, 4.69) is 17.6 Å². The molecule has 3 rings (SSSR count). The summed E-state index contributed by atoms with van der Waals surface area (Å²) in [5, 5.41) is 6.40. The monoisotopic (exact) mass is 407 g/mol. The van der Waals surface area contributed by atoms with Crippen molar-refractivity contribution < 1.29 is 13.2 Å². The number of thiophene rings is 1. The van der Waals surface area contributed by atoms with Gasteiger partial charge in [0.25, 0.3) is 10.0 Å². The van der Waals surface area contributed by atoms with Gasteiger partial charge < -0.3 is 10.6 Å². The van der Waals surface area contributed by atoms with Crippen LogP contribution in [0.2, 0.25) is 0 Å². The second kappa shape index (κ2) is 8.35. The van der Waals surface area contributed by atoms with E-state index in [0.29, 0.717) is 23.1 Å². The first-order valence-electron chi connectivity index (χ1n) is 8.49. The largest absolute Gasteiger partial charge is 0.352 e. The third-order valence-electron chi connectivity index (χ3n) is 4.90. The number of hydrogen-bond acceptors (Lipinski definition) is 5. The molecule has 0 aliphatic carbocycles. The summed E-state index contributed by atoms with van der Waals surface area (Å²) in [6, 6.07) is 2.98. The number of amides is 1. The van der Waals surface area contributed by atoms with Crippen LogP contribution in [0.15, 0.2) is 16.3 Å². The standard InChI is InChI=1S/C16H25N3O3S2.ClH/c1-11-10-17-8-7-13(11)18-16(20)14-4-3-9-19(14)24(21,22)15-6-5-12(2)23-15;/h5-6,11,13-14,17H,3-4,7-10H2,1-2H3,(H,18,20);1H. The molecular formula is C16H26ClN3O3S2. The lowest BCUT2D eigenvalue weighted by Gasteiger charge is -2.32. The molecule has 0 bridgehead atoms. The second-order valence-electron chi connectivity index (χ2n) is 6.72. The molecule has 3 atom stereocenters. The number of piperidine rings is 1. The van der Waals surface area contributed by atoms with E-state index in [9.17, 15) is 13.2 Å². The number of carbonyl (C=O) groups excluding carboxylic acids is 1. The Hall–Kier alpha value is -0.670. The van der Waals surface area contributed by atoms with Gasteiger partial charge in [0, 0.05) is 17.5 Å². The molecule has 2 aliphatic heterocycles. The number of hydrogen-bond donors (Lipinski definition) is 2. The summed E-state index contributed by atoms with van der Waals surface area (Å²) in [5.74, 6) is 0.206. The molecule has 2 fully saturated rings. The molecule has 0 aromatic carbocycles. The van der Waals surface area contributed by atoms with E-state index in [1.165, 1.54) is 15.6 Å². The van der Waals surface area contributed by atoms with Crippen molar-refractivity contribution >= 4 is 39.7 Å². The highest BCUT2D eigenvalue weighted by molar-refractivity contribution is 7.91. The van der Waals surface area contributed by atoms with Crippen molar-refractivity contribution in [3.05, 3.63) is 17.0 Å². The normalized spacial score (nSPS) is 27.7. The number of halogens is 1. The summed E-state index contributed by atoms with van der Waals surface area (Å²) in [7, 11) is -3.59. The van der Waals surface area contributed by atoms with Gasteiger partial charge in [-0.25, -0.2) is 8.42 Å². The molecule has 3 unspecified atom stereocenters. The SMILES string of the molecule is Cc1ccc(S(=O)(=O)N2CCCC2C(=O)NC2CCNCC2C)s1.Cl. The van der Waals surface area contributed by atoms with E-state index >= 15 is 0 Å². The maximum atomic E-state index is 12.9. The molecule has 6 nitrogen and oxygen atoms in total. The van der Waals surface area contributed by atoms with Gasteiger partial charge in [0.05, 0.1) is 0 Å². The predicted molar refractivity (Wildman–Crippen MR) is 102 cm³/mol. The molecule has 25 heavy (non-hydrogen) atoms. The van der Waals surface area contributed by atoms with E-state index in [4.69, 9.17) is 0 Å². The van der Waals surface area contributed by atoms with E-state index in [1.807, 2.05) is 6.92 Å². The van der Waals surface area contributed by atoms with Crippen LogP contribution in [0.25, 0.3) is 0 Å². The fourth-order valence-corrected chi connectivity index (χ4v) is 6.53. The Balaban J connectivity index is 0.00000225. The Bertz CT molecular complexity index is 707. The van der Waals surface area contributed by atoms with E-state index < -0.39 is 16.1 Å². The Morgan fingerprint density at radius 1 is 1.36 bits per heavy atom. The molecule has 9 heteroatoms. The van der Waals surface area contributed by atoms with Crippen molar-refractivity contribution in [2.75, 3.05) is 19.6 Å². The molecular weight excluding hydrogens is 382 g/mol. The highest BCUT2D eigenvalue weighted by Crippen LogP contribution is 2.30. The summed E-state index contributed by atoms with van der Waals surface area (Å²) < 4.78 is 27.4. The van der Waals surface area contributed by atoms with Crippen LogP contribution < -0.4 is 10.6 Å². The average Bonchev–Trinajstić information content (AvgIpc) is 3.18. The number of nitrogens with zero attached hydrogens (tertiary/aromatic N) is 1. The fourth-order valence-electron chi connectivity index (χ4n) is 3.46. The average molecular weight is 408 g/mol.